The quantitative estimate of drug-likeness (QED) is 0.736. The van der Waals surface area contributed by atoms with E-state index >= 15 is 0 Å². The Morgan fingerprint density at radius 1 is 1.38 bits per heavy atom. The van der Waals surface area contributed by atoms with Crippen molar-refractivity contribution in [2.24, 2.45) is 5.92 Å². The van der Waals surface area contributed by atoms with Gasteiger partial charge in [-0.3, -0.25) is 0 Å². The summed E-state index contributed by atoms with van der Waals surface area (Å²) in [5, 5.41) is 20.1. The number of thioether (sulfide) groups is 1. The van der Waals surface area contributed by atoms with Crippen LogP contribution in [0.25, 0.3) is 0 Å². The molecule has 0 saturated carbocycles. The molecule has 0 radical (unpaired) electrons. The molecule has 2 N–H and O–H groups in total. The van der Waals surface area contributed by atoms with Crippen molar-refractivity contribution in [3.63, 3.8) is 0 Å². The fraction of sp³-hybridized carbons (Fsp3) is 0.800. The molecule has 2 nitrogen and oxygen atoms in total. The molecular formula is C10H20O2S. The van der Waals surface area contributed by atoms with E-state index in [1.807, 2.05) is 12.3 Å². The standard InChI is InChI=1S/C10H20O2S/c1-8(7-11)9(12)5-6-13-10(2,3)4/h5-6,8-9,11-12H,7H2,1-4H3/b6-5+/t8-,9-/m0/s1. The third-order valence-corrected chi connectivity index (χ3v) is 2.57. The molecule has 0 heterocycles. The molecule has 0 bridgehead atoms. The highest BCUT2D eigenvalue weighted by atomic mass is 32.2. The van der Waals surface area contributed by atoms with E-state index in [0.717, 1.165) is 0 Å². The van der Waals surface area contributed by atoms with Crippen LogP contribution in [0.2, 0.25) is 0 Å². The molecule has 0 aromatic rings. The Balaban J connectivity index is 3.85. The van der Waals surface area contributed by atoms with Crippen LogP contribution in [0.15, 0.2) is 11.5 Å². The van der Waals surface area contributed by atoms with Crippen LogP contribution >= 0.6 is 11.8 Å². The first-order chi connectivity index (χ1) is 5.87. The highest BCUT2D eigenvalue weighted by Crippen LogP contribution is 2.24. The molecule has 0 spiro atoms. The van der Waals surface area contributed by atoms with E-state index in [-0.39, 0.29) is 17.3 Å². The van der Waals surface area contributed by atoms with Crippen LogP contribution in [0.4, 0.5) is 0 Å². The summed E-state index contributed by atoms with van der Waals surface area (Å²) in [6.07, 6.45) is 1.19. The minimum absolute atomic E-state index is 0.0195. The molecule has 13 heavy (non-hydrogen) atoms. The van der Waals surface area contributed by atoms with Crippen molar-refractivity contribution in [2.75, 3.05) is 6.61 Å². The fourth-order valence-corrected chi connectivity index (χ4v) is 1.27. The van der Waals surface area contributed by atoms with E-state index < -0.39 is 6.10 Å². The summed E-state index contributed by atoms with van der Waals surface area (Å²) >= 11 is 1.67. The molecule has 0 aromatic carbocycles. The first kappa shape index (κ1) is 13.0. The largest absolute Gasteiger partial charge is 0.396 e. The summed E-state index contributed by atoms with van der Waals surface area (Å²) in [6, 6.07) is 0. The van der Waals surface area contributed by atoms with Crippen LogP contribution in [0.1, 0.15) is 27.7 Å². The van der Waals surface area contributed by atoms with Gasteiger partial charge in [-0.15, -0.1) is 11.8 Å². The van der Waals surface area contributed by atoms with E-state index in [0.29, 0.717) is 0 Å². The van der Waals surface area contributed by atoms with Gasteiger partial charge in [-0.05, 0) is 11.5 Å². The molecule has 0 rings (SSSR count). The Labute approximate surface area is 85.0 Å². The summed E-state index contributed by atoms with van der Waals surface area (Å²) in [7, 11) is 0. The molecule has 2 atom stereocenters. The van der Waals surface area contributed by atoms with Crippen LogP contribution in [0.5, 0.6) is 0 Å². The maximum absolute atomic E-state index is 9.45. The van der Waals surface area contributed by atoms with Gasteiger partial charge < -0.3 is 10.2 Å². The van der Waals surface area contributed by atoms with Gasteiger partial charge in [-0.2, -0.15) is 0 Å². The topological polar surface area (TPSA) is 40.5 Å². The maximum atomic E-state index is 9.45. The predicted octanol–water partition coefficient (Wildman–Crippen LogP) is 2.02. The third kappa shape index (κ3) is 7.11. The molecule has 0 unspecified atom stereocenters. The summed E-state index contributed by atoms with van der Waals surface area (Å²) in [5.41, 5.74) is 0. The minimum Gasteiger partial charge on any atom is -0.396 e. The molecule has 0 aromatic heterocycles. The summed E-state index contributed by atoms with van der Waals surface area (Å²) in [6.45, 7) is 8.18. The lowest BCUT2D eigenvalue weighted by molar-refractivity contribution is 0.112. The van der Waals surface area contributed by atoms with Crippen molar-refractivity contribution < 1.29 is 10.2 Å². The van der Waals surface area contributed by atoms with Gasteiger partial charge >= 0.3 is 0 Å². The van der Waals surface area contributed by atoms with Crippen molar-refractivity contribution in [2.45, 2.75) is 38.5 Å². The van der Waals surface area contributed by atoms with Gasteiger partial charge in [0.2, 0.25) is 0 Å². The number of hydrogen-bond donors (Lipinski definition) is 2. The fourth-order valence-electron chi connectivity index (χ4n) is 0.622. The Bertz CT molecular complexity index is 161. The zero-order chi connectivity index (χ0) is 10.5. The second-order valence-electron chi connectivity index (χ2n) is 4.21. The lowest BCUT2D eigenvalue weighted by Crippen LogP contribution is -2.18. The number of rotatable bonds is 4. The van der Waals surface area contributed by atoms with Gasteiger partial charge in [0, 0.05) is 17.3 Å². The molecule has 0 saturated heterocycles. The Kier molecular flexibility index (Phi) is 5.68. The lowest BCUT2D eigenvalue weighted by atomic mass is 10.1. The SMILES string of the molecule is C[C@@H](CO)[C@@H](O)/C=C/SC(C)(C)C. The minimum atomic E-state index is -0.542. The first-order valence-electron chi connectivity index (χ1n) is 4.50. The first-order valence-corrected chi connectivity index (χ1v) is 5.38. The van der Waals surface area contributed by atoms with E-state index in [1.165, 1.54) is 0 Å². The van der Waals surface area contributed by atoms with Crippen LogP contribution in [0.3, 0.4) is 0 Å². The average Bonchev–Trinajstić information content (AvgIpc) is 2.00. The van der Waals surface area contributed by atoms with Crippen LogP contribution in [0, 0.1) is 5.92 Å². The Morgan fingerprint density at radius 2 is 1.92 bits per heavy atom. The van der Waals surface area contributed by atoms with Crippen LogP contribution in [-0.2, 0) is 0 Å². The summed E-state index contributed by atoms with van der Waals surface area (Å²) in [4.78, 5) is 0. The molecule has 0 aliphatic rings. The van der Waals surface area contributed by atoms with E-state index in [2.05, 4.69) is 20.8 Å². The molecule has 0 aliphatic heterocycles. The van der Waals surface area contributed by atoms with Gasteiger partial charge in [-0.1, -0.05) is 27.7 Å². The second kappa shape index (κ2) is 5.68. The van der Waals surface area contributed by atoms with E-state index in [1.54, 1.807) is 17.8 Å². The van der Waals surface area contributed by atoms with Crippen molar-refractivity contribution >= 4 is 11.8 Å². The Hall–Kier alpha value is 0.01000. The molecule has 0 aliphatic carbocycles. The molecule has 78 valence electrons. The third-order valence-electron chi connectivity index (χ3n) is 1.57. The van der Waals surface area contributed by atoms with Crippen molar-refractivity contribution in [3.05, 3.63) is 11.5 Å². The predicted molar refractivity (Wildman–Crippen MR) is 58.7 cm³/mol. The van der Waals surface area contributed by atoms with Crippen molar-refractivity contribution in [1.82, 2.24) is 0 Å². The van der Waals surface area contributed by atoms with E-state index in [9.17, 15) is 5.11 Å². The van der Waals surface area contributed by atoms with E-state index in [4.69, 9.17) is 5.11 Å². The van der Waals surface area contributed by atoms with Gasteiger partial charge in [0.05, 0.1) is 6.10 Å². The molecular weight excluding hydrogens is 184 g/mol. The smallest absolute Gasteiger partial charge is 0.0776 e. The number of hydrogen-bond acceptors (Lipinski definition) is 3. The number of aliphatic hydroxyl groups is 2. The highest BCUT2D eigenvalue weighted by Gasteiger charge is 2.11. The van der Waals surface area contributed by atoms with Crippen LogP contribution in [-0.4, -0.2) is 27.7 Å². The zero-order valence-electron chi connectivity index (χ0n) is 8.82. The summed E-state index contributed by atoms with van der Waals surface area (Å²) < 4.78 is 0.179. The average molecular weight is 204 g/mol. The van der Waals surface area contributed by atoms with Crippen LogP contribution < -0.4 is 0 Å². The van der Waals surface area contributed by atoms with Gasteiger partial charge in [0.1, 0.15) is 0 Å². The highest BCUT2D eigenvalue weighted by molar-refractivity contribution is 8.03. The lowest BCUT2D eigenvalue weighted by Gasteiger charge is -2.15. The van der Waals surface area contributed by atoms with Gasteiger partial charge in [0.15, 0.2) is 0 Å². The van der Waals surface area contributed by atoms with Crippen molar-refractivity contribution in [3.8, 4) is 0 Å². The second-order valence-corrected chi connectivity index (χ2v) is 5.94. The van der Waals surface area contributed by atoms with Gasteiger partial charge in [0.25, 0.3) is 0 Å². The normalized spacial score (nSPS) is 17.7. The summed E-state index contributed by atoms with van der Waals surface area (Å²) in [5.74, 6) is -0.0863. The molecule has 3 heteroatoms. The number of aliphatic hydroxyl groups excluding tert-OH is 2. The molecule has 0 amide bonds. The van der Waals surface area contributed by atoms with Gasteiger partial charge in [-0.25, -0.2) is 0 Å². The van der Waals surface area contributed by atoms with Crippen molar-refractivity contribution in [1.29, 1.82) is 0 Å². The monoisotopic (exact) mass is 204 g/mol. The molecule has 0 fully saturated rings. The Morgan fingerprint density at radius 3 is 2.31 bits per heavy atom. The zero-order valence-corrected chi connectivity index (χ0v) is 9.64. The maximum Gasteiger partial charge on any atom is 0.0776 e.